The van der Waals surface area contributed by atoms with Gasteiger partial charge in [-0.05, 0) is 6.07 Å². The van der Waals surface area contributed by atoms with Crippen molar-refractivity contribution < 1.29 is 4.79 Å². The van der Waals surface area contributed by atoms with Crippen LogP contribution in [0.25, 0.3) is 0 Å². The van der Waals surface area contributed by atoms with E-state index in [9.17, 15) is 4.79 Å². The third-order valence-electron chi connectivity index (χ3n) is 2.73. The highest BCUT2D eigenvalue weighted by Gasteiger charge is 2.17. The zero-order valence-corrected chi connectivity index (χ0v) is 12.1. The van der Waals surface area contributed by atoms with Gasteiger partial charge in [-0.15, -0.1) is 11.3 Å². The van der Waals surface area contributed by atoms with Gasteiger partial charge < -0.3 is 11.1 Å². The van der Waals surface area contributed by atoms with Crippen molar-refractivity contribution in [2.45, 2.75) is 20.4 Å². The highest BCUT2D eigenvalue weighted by atomic mass is 32.1. The number of carbonyl (C=O) groups excluding carboxylic acids is 1. The molecule has 2 aromatic heterocycles. The van der Waals surface area contributed by atoms with Crippen molar-refractivity contribution in [3.8, 4) is 0 Å². The number of ketones is 1. The van der Waals surface area contributed by atoms with E-state index in [1.165, 1.54) is 11.3 Å². The average molecular weight is 278 g/mol. The van der Waals surface area contributed by atoms with Gasteiger partial charge in [0.15, 0.2) is 5.78 Å². The molecule has 19 heavy (non-hydrogen) atoms. The number of Topliss-reactive ketones (excluding diaryl/α,β-unsaturated/α-hetero) is 1. The summed E-state index contributed by atoms with van der Waals surface area (Å²) in [6.45, 7) is 4.43. The zero-order valence-electron chi connectivity index (χ0n) is 11.3. The lowest BCUT2D eigenvalue weighted by Crippen LogP contribution is -2.07. The van der Waals surface area contributed by atoms with Crippen molar-refractivity contribution in [1.82, 2.24) is 9.78 Å². The molecular formula is C13H18N4OS. The summed E-state index contributed by atoms with van der Waals surface area (Å²) < 4.78 is 1.76. The summed E-state index contributed by atoms with van der Waals surface area (Å²) in [5, 5.41) is 8.27. The predicted octanol–water partition coefficient (Wildman–Crippen LogP) is 2.51. The van der Waals surface area contributed by atoms with Crippen molar-refractivity contribution in [2.24, 2.45) is 13.0 Å². The molecule has 5 nitrogen and oxygen atoms in total. The standard InChI is InChI=1S/C13H18N4OS/c1-8(2)12(18)13-10(14)4-11(19-13)15-5-9-6-16-17(3)7-9/h4,6-8,15H,5,14H2,1-3H3. The number of rotatable bonds is 5. The number of hydrogen-bond donors (Lipinski definition) is 2. The number of nitrogen functional groups attached to an aromatic ring is 1. The molecule has 3 N–H and O–H groups in total. The summed E-state index contributed by atoms with van der Waals surface area (Å²) in [6, 6.07) is 1.82. The monoisotopic (exact) mass is 278 g/mol. The first kappa shape index (κ1) is 13.6. The van der Waals surface area contributed by atoms with Crippen molar-refractivity contribution in [2.75, 3.05) is 11.1 Å². The number of anilines is 2. The molecule has 2 aromatic rings. The van der Waals surface area contributed by atoms with Gasteiger partial charge in [0.05, 0.1) is 21.8 Å². The Morgan fingerprint density at radius 2 is 2.32 bits per heavy atom. The van der Waals surface area contributed by atoms with Crippen LogP contribution in [0.1, 0.15) is 29.1 Å². The van der Waals surface area contributed by atoms with Crippen LogP contribution in [0.2, 0.25) is 0 Å². The Morgan fingerprint density at radius 3 is 2.89 bits per heavy atom. The number of nitrogens with two attached hydrogens (primary N) is 1. The normalized spacial score (nSPS) is 10.9. The Kier molecular flexibility index (Phi) is 3.90. The lowest BCUT2D eigenvalue weighted by Gasteiger charge is -2.01. The number of nitrogens with one attached hydrogen (secondary N) is 1. The van der Waals surface area contributed by atoms with Crippen LogP contribution in [0.5, 0.6) is 0 Å². The average Bonchev–Trinajstić information content (AvgIpc) is 2.92. The van der Waals surface area contributed by atoms with Gasteiger partial charge in [0.2, 0.25) is 0 Å². The first-order chi connectivity index (χ1) is 8.97. The number of thiophene rings is 1. The fourth-order valence-electron chi connectivity index (χ4n) is 1.70. The minimum atomic E-state index is -0.0351. The lowest BCUT2D eigenvalue weighted by molar-refractivity contribution is 0.0944. The third kappa shape index (κ3) is 3.14. The van der Waals surface area contributed by atoms with E-state index in [0.29, 0.717) is 17.1 Å². The van der Waals surface area contributed by atoms with Gasteiger partial charge in [-0.2, -0.15) is 5.10 Å². The van der Waals surface area contributed by atoms with E-state index in [2.05, 4.69) is 10.4 Å². The third-order valence-corrected chi connectivity index (χ3v) is 3.86. The van der Waals surface area contributed by atoms with E-state index < -0.39 is 0 Å². The summed E-state index contributed by atoms with van der Waals surface area (Å²) in [7, 11) is 1.88. The summed E-state index contributed by atoms with van der Waals surface area (Å²) in [5.41, 5.74) is 7.53. The maximum atomic E-state index is 11.9. The molecule has 0 unspecified atom stereocenters. The molecule has 0 spiro atoms. The second kappa shape index (κ2) is 5.44. The lowest BCUT2D eigenvalue weighted by atomic mass is 10.1. The summed E-state index contributed by atoms with van der Waals surface area (Å²) >= 11 is 1.41. The van der Waals surface area contributed by atoms with Crippen LogP contribution in [0, 0.1) is 5.92 Å². The number of nitrogens with zero attached hydrogens (tertiary/aromatic N) is 2. The molecule has 2 rings (SSSR count). The van der Waals surface area contributed by atoms with E-state index in [4.69, 9.17) is 5.73 Å². The van der Waals surface area contributed by atoms with Crippen LogP contribution in [0.4, 0.5) is 10.7 Å². The van der Waals surface area contributed by atoms with Gasteiger partial charge >= 0.3 is 0 Å². The fraction of sp³-hybridized carbons (Fsp3) is 0.385. The molecule has 0 fully saturated rings. The molecule has 102 valence electrons. The van der Waals surface area contributed by atoms with Gasteiger partial charge in [0.1, 0.15) is 0 Å². The molecule has 0 aliphatic heterocycles. The molecule has 0 bridgehead atoms. The van der Waals surface area contributed by atoms with Crippen molar-refractivity contribution >= 4 is 27.8 Å². The summed E-state index contributed by atoms with van der Waals surface area (Å²) in [4.78, 5) is 12.6. The molecule has 0 saturated heterocycles. The summed E-state index contributed by atoms with van der Waals surface area (Å²) in [6.07, 6.45) is 3.76. The van der Waals surface area contributed by atoms with Crippen LogP contribution < -0.4 is 11.1 Å². The van der Waals surface area contributed by atoms with Crippen molar-refractivity contribution in [1.29, 1.82) is 0 Å². The maximum Gasteiger partial charge on any atom is 0.177 e. The van der Waals surface area contributed by atoms with Crippen LogP contribution in [-0.2, 0) is 13.6 Å². The highest BCUT2D eigenvalue weighted by molar-refractivity contribution is 7.18. The molecule has 0 amide bonds. The van der Waals surface area contributed by atoms with E-state index in [-0.39, 0.29) is 11.7 Å². The number of carbonyl (C=O) groups is 1. The molecule has 0 aromatic carbocycles. The van der Waals surface area contributed by atoms with E-state index in [1.54, 1.807) is 4.68 Å². The Labute approximate surface area is 116 Å². The van der Waals surface area contributed by atoms with Crippen molar-refractivity contribution in [3.05, 3.63) is 28.9 Å². The van der Waals surface area contributed by atoms with Gasteiger partial charge in [-0.1, -0.05) is 13.8 Å². The summed E-state index contributed by atoms with van der Waals surface area (Å²) in [5.74, 6) is 0.0593. The maximum absolute atomic E-state index is 11.9. The zero-order chi connectivity index (χ0) is 14.0. The second-order valence-corrected chi connectivity index (χ2v) is 5.84. The van der Waals surface area contributed by atoms with Gasteiger partial charge in [-0.25, -0.2) is 0 Å². The smallest absolute Gasteiger partial charge is 0.177 e. The largest absolute Gasteiger partial charge is 0.397 e. The Bertz CT molecular complexity index is 585. The van der Waals surface area contributed by atoms with Crippen LogP contribution >= 0.6 is 11.3 Å². The number of aryl methyl sites for hydroxylation is 1. The minimum Gasteiger partial charge on any atom is -0.397 e. The molecule has 0 radical (unpaired) electrons. The topological polar surface area (TPSA) is 72.9 Å². The fourth-order valence-corrected chi connectivity index (χ4v) is 2.76. The van der Waals surface area contributed by atoms with Gasteiger partial charge in [0.25, 0.3) is 0 Å². The number of hydrogen-bond acceptors (Lipinski definition) is 5. The molecule has 0 aliphatic rings. The molecule has 0 saturated carbocycles. The Morgan fingerprint density at radius 1 is 1.58 bits per heavy atom. The van der Waals surface area contributed by atoms with Crippen molar-refractivity contribution in [3.63, 3.8) is 0 Å². The van der Waals surface area contributed by atoms with Crippen LogP contribution in [0.15, 0.2) is 18.5 Å². The molecular weight excluding hydrogens is 260 g/mol. The second-order valence-electron chi connectivity index (χ2n) is 4.79. The molecule has 0 aliphatic carbocycles. The first-order valence-electron chi connectivity index (χ1n) is 6.12. The molecule has 6 heteroatoms. The quantitative estimate of drug-likeness (QED) is 0.824. The van der Waals surface area contributed by atoms with E-state index >= 15 is 0 Å². The Hall–Kier alpha value is -1.82. The number of aromatic nitrogens is 2. The van der Waals surface area contributed by atoms with E-state index in [0.717, 1.165) is 10.6 Å². The minimum absolute atomic E-state index is 0.0351. The predicted molar refractivity (Wildman–Crippen MR) is 78.4 cm³/mol. The first-order valence-corrected chi connectivity index (χ1v) is 6.94. The SMILES string of the molecule is CC(C)C(=O)c1sc(NCc2cnn(C)c2)cc1N. The molecule has 0 atom stereocenters. The van der Waals surface area contributed by atoms with Crippen LogP contribution in [-0.4, -0.2) is 15.6 Å². The Balaban J connectivity index is 2.06. The molecule has 2 heterocycles. The van der Waals surface area contributed by atoms with Gasteiger partial charge in [-0.3, -0.25) is 9.48 Å². The van der Waals surface area contributed by atoms with E-state index in [1.807, 2.05) is 39.4 Å². The van der Waals surface area contributed by atoms with Gasteiger partial charge in [0, 0.05) is 31.3 Å². The van der Waals surface area contributed by atoms with Crippen LogP contribution in [0.3, 0.4) is 0 Å². The highest BCUT2D eigenvalue weighted by Crippen LogP contribution is 2.31.